The Labute approximate surface area is 125 Å². The van der Waals surface area contributed by atoms with E-state index in [1.807, 2.05) is 0 Å². The Morgan fingerprint density at radius 2 is 2.15 bits per heavy atom. The third-order valence-electron chi connectivity index (χ3n) is 4.49. The standard InChI is InChI=1S/C14H19ClN2O2S/c1-11-8-12(15)2-3-13(11)20(18,19)17-7-5-14(10-17)4-6-16-9-14/h2-3,8,16H,4-7,9-10H2,1H3. The van der Waals surface area contributed by atoms with E-state index in [1.54, 1.807) is 29.4 Å². The topological polar surface area (TPSA) is 49.4 Å². The van der Waals surface area contributed by atoms with E-state index in [0.717, 1.165) is 25.9 Å². The van der Waals surface area contributed by atoms with Gasteiger partial charge in [0.25, 0.3) is 0 Å². The Kier molecular flexibility index (Phi) is 3.57. The second-order valence-corrected chi connectivity index (χ2v) is 8.27. The molecule has 0 amide bonds. The Hall–Kier alpha value is -0.620. The summed E-state index contributed by atoms with van der Waals surface area (Å²) in [5.74, 6) is 0. The summed E-state index contributed by atoms with van der Waals surface area (Å²) in [6, 6.07) is 4.96. The van der Waals surface area contributed by atoms with Crippen molar-refractivity contribution < 1.29 is 8.42 Å². The fraction of sp³-hybridized carbons (Fsp3) is 0.571. The summed E-state index contributed by atoms with van der Waals surface area (Å²) in [5.41, 5.74) is 0.857. The molecule has 3 rings (SSSR count). The largest absolute Gasteiger partial charge is 0.316 e. The van der Waals surface area contributed by atoms with Gasteiger partial charge >= 0.3 is 0 Å². The molecule has 1 atom stereocenters. The first-order valence-corrected chi connectivity index (χ1v) is 8.72. The van der Waals surface area contributed by atoms with E-state index in [2.05, 4.69) is 5.32 Å². The third kappa shape index (κ3) is 2.37. The predicted molar refractivity (Wildman–Crippen MR) is 79.5 cm³/mol. The molecule has 1 aromatic carbocycles. The van der Waals surface area contributed by atoms with Gasteiger partial charge in [-0.15, -0.1) is 0 Å². The molecule has 1 unspecified atom stereocenters. The summed E-state index contributed by atoms with van der Waals surface area (Å²) >= 11 is 5.91. The highest BCUT2D eigenvalue weighted by Gasteiger charge is 2.44. The summed E-state index contributed by atoms with van der Waals surface area (Å²) in [6.07, 6.45) is 2.02. The van der Waals surface area contributed by atoms with Crippen LogP contribution in [0.1, 0.15) is 18.4 Å². The van der Waals surface area contributed by atoms with Gasteiger partial charge in [-0.25, -0.2) is 8.42 Å². The first kappa shape index (κ1) is 14.3. The van der Waals surface area contributed by atoms with Gasteiger partial charge in [0.05, 0.1) is 4.90 Å². The molecule has 2 fully saturated rings. The number of rotatable bonds is 2. The van der Waals surface area contributed by atoms with Gasteiger partial charge in [0.1, 0.15) is 0 Å². The molecule has 1 spiro atoms. The quantitative estimate of drug-likeness (QED) is 0.908. The number of halogens is 1. The van der Waals surface area contributed by atoms with Gasteiger partial charge in [0.2, 0.25) is 10.0 Å². The molecule has 0 saturated carbocycles. The first-order chi connectivity index (χ1) is 9.43. The van der Waals surface area contributed by atoms with Crippen LogP contribution < -0.4 is 5.32 Å². The third-order valence-corrected chi connectivity index (χ3v) is 6.73. The summed E-state index contributed by atoms with van der Waals surface area (Å²) in [4.78, 5) is 0.380. The van der Waals surface area contributed by atoms with Crippen molar-refractivity contribution in [2.75, 3.05) is 26.2 Å². The monoisotopic (exact) mass is 314 g/mol. The normalized spacial score (nSPS) is 27.5. The van der Waals surface area contributed by atoms with E-state index in [9.17, 15) is 8.42 Å². The van der Waals surface area contributed by atoms with Crippen LogP contribution in [0.2, 0.25) is 5.02 Å². The number of benzene rings is 1. The van der Waals surface area contributed by atoms with Crippen molar-refractivity contribution in [2.24, 2.45) is 5.41 Å². The fourth-order valence-corrected chi connectivity index (χ4v) is 5.27. The average Bonchev–Trinajstić information content (AvgIpc) is 3.00. The highest BCUT2D eigenvalue weighted by Crippen LogP contribution is 2.38. The number of sulfonamides is 1. The summed E-state index contributed by atoms with van der Waals surface area (Å²) in [6.45, 7) is 4.96. The molecule has 110 valence electrons. The van der Waals surface area contributed by atoms with Crippen LogP contribution in [-0.2, 0) is 10.0 Å². The number of aryl methyl sites for hydroxylation is 1. The maximum absolute atomic E-state index is 12.8. The van der Waals surface area contributed by atoms with Crippen LogP contribution >= 0.6 is 11.6 Å². The molecule has 20 heavy (non-hydrogen) atoms. The van der Waals surface area contributed by atoms with Gasteiger partial charge in [0, 0.05) is 24.7 Å². The van der Waals surface area contributed by atoms with Gasteiger partial charge in [-0.1, -0.05) is 11.6 Å². The number of nitrogens with one attached hydrogen (secondary N) is 1. The molecule has 2 aliphatic rings. The minimum atomic E-state index is -3.40. The zero-order valence-corrected chi connectivity index (χ0v) is 13.1. The van der Waals surface area contributed by atoms with Gasteiger partial charge in [-0.05, 0) is 55.5 Å². The molecule has 0 aliphatic carbocycles. The lowest BCUT2D eigenvalue weighted by atomic mass is 9.87. The van der Waals surface area contributed by atoms with Crippen LogP contribution in [-0.4, -0.2) is 38.9 Å². The van der Waals surface area contributed by atoms with Crippen molar-refractivity contribution in [3.63, 3.8) is 0 Å². The van der Waals surface area contributed by atoms with Gasteiger partial charge < -0.3 is 5.32 Å². The van der Waals surface area contributed by atoms with Crippen molar-refractivity contribution in [1.82, 2.24) is 9.62 Å². The zero-order valence-electron chi connectivity index (χ0n) is 11.5. The van der Waals surface area contributed by atoms with Crippen LogP contribution in [0.3, 0.4) is 0 Å². The van der Waals surface area contributed by atoms with E-state index < -0.39 is 10.0 Å². The highest BCUT2D eigenvalue weighted by atomic mass is 35.5. The van der Waals surface area contributed by atoms with Crippen LogP contribution in [0.15, 0.2) is 23.1 Å². The van der Waals surface area contributed by atoms with E-state index in [-0.39, 0.29) is 5.41 Å². The number of hydrogen-bond acceptors (Lipinski definition) is 3. The molecule has 4 nitrogen and oxygen atoms in total. The molecule has 2 heterocycles. The molecule has 0 aromatic heterocycles. The van der Waals surface area contributed by atoms with Crippen molar-refractivity contribution in [3.05, 3.63) is 28.8 Å². The molecule has 2 aliphatic heterocycles. The van der Waals surface area contributed by atoms with E-state index in [4.69, 9.17) is 11.6 Å². The van der Waals surface area contributed by atoms with E-state index >= 15 is 0 Å². The average molecular weight is 315 g/mol. The SMILES string of the molecule is Cc1cc(Cl)ccc1S(=O)(=O)N1CCC2(CCNC2)C1. The molecular weight excluding hydrogens is 296 g/mol. The Morgan fingerprint density at radius 1 is 1.35 bits per heavy atom. The van der Waals surface area contributed by atoms with Gasteiger partial charge in [-0.3, -0.25) is 0 Å². The lowest BCUT2D eigenvalue weighted by Crippen LogP contribution is -2.33. The van der Waals surface area contributed by atoms with Crippen molar-refractivity contribution in [2.45, 2.75) is 24.7 Å². The van der Waals surface area contributed by atoms with Crippen molar-refractivity contribution >= 4 is 21.6 Å². The molecule has 6 heteroatoms. The maximum atomic E-state index is 12.8. The Bertz CT molecular complexity index is 624. The maximum Gasteiger partial charge on any atom is 0.243 e. The summed E-state index contributed by atoms with van der Waals surface area (Å²) in [5, 5.41) is 3.92. The first-order valence-electron chi connectivity index (χ1n) is 6.90. The summed E-state index contributed by atoms with van der Waals surface area (Å²) < 4.78 is 27.2. The van der Waals surface area contributed by atoms with Crippen LogP contribution in [0, 0.1) is 12.3 Å². The van der Waals surface area contributed by atoms with Crippen molar-refractivity contribution in [1.29, 1.82) is 0 Å². The van der Waals surface area contributed by atoms with Crippen LogP contribution in [0.5, 0.6) is 0 Å². The Morgan fingerprint density at radius 3 is 2.80 bits per heavy atom. The van der Waals surface area contributed by atoms with Gasteiger partial charge in [-0.2, -0.15) is 4.31 Å². The molecule has 1 N–H and O–H groups in total. The molecule has 2 saturated heterocycles. The second kappa shape index (κ2) is 4.98. The summed E-state index contributed by atoms with van der Waals surface area (Å²) in [7, 11) is -3.40. The molecule has 0 radical (unpaired) electrons. The van der Waals surface area contributed by atoms with Gasteiger partial charge in [0.15, 0.2) is 0 Å². The van der Waals surface area contributed by atoms with Crippen molar-refractivity contribution in [3.8, 4) is 0 Å². The lowest BCUT2D eigenvalue weighted by Gasteiger charge is -2.23. The molecule has 0 bridgehead atoms. The highest BCUT2D eigenvalue weighted by molar-refractivity contribution is 7.89. The lowest BCUT2D eigenvalue weighted by molar-refractivity contribution is 0.338. The Balaban J connectivity index is 1.89. The molecule has 1 aromatic rings. The molecular formula is C14H19ClN2O2S. The smallest absolute Gasteiger partial charge is 0.243 e. The zero-order chi connectivity index (χ0) is 14.4. The number of hydrogen-bond donors (Lipinski definition) is 1. The van der Waals surface area contributed by atoms with Crippen LogP contribution in [0.25, 0.3) is 0 Å². The minimum Gasteiger partial charge on any atom is -0.316 e. The van der Waals surface area contributed by atoms with E-state index in [1.165, 1.54) is 0 Å². The van der Waals surface area contributed by atoms with Crippen LogP contribution in [0.4, 0.5) is 0 Å². The fourth-order valence-electron chi connectivity index (χ4n) is 3.28. The second-order valence-electron chi connectivity index (χ2n) is 5.93. The minimum absolute atomic E-state index is 0.146. The number of nitrogens with zero attached hydrogens (tertiary/aromatic N) is 1. The predicted octanol–water partition coefficient (Wildman–Crippen LogP) is 2.02. The van der Waals surface area contributed by atoms with E-state index in [0.29, 0.717) is 28.6 Å².